The van der Waals surface area contributed by atoms with E-state index in [1.54, 1.807) is 18.4 Å². The number of amides is 1. The summed E-state index contributed by atoms with van der Waals surface area (Å²) in [6.45, 7) is 7.23. The number of furan rings is 1. The predicted octanol–water partition coefficient (Wildman–Crippen LogP) is 0.494. The maximum absolute atomic E-state index is 13.2. The molecule has 1 amide bonds. The Balaban J connectivity index is 1.40. The summed E-state index contributed by atoms with van der Waals surface area (Å²) in [5, 5.41) is 4.33. The van der Waals surface area contributed by atoms with E-state index >= 15 is 0 Å². The smallest absolute Gasteiger partial charge is 0.259 e. The highest BCUT2D eigenvalue weighted by Gasteiger charge is 2.36. The Morgan fingerprint density at radius 1 is 1.20 bits per heavy atom. The van der Waals surface area contributed by atoms with Gasteiger partial charge < -0.3 is 24.9 Å². The average Bonchev–Trinajstić information content (AvgIpc) is 3.53. The van der Waals surface area contributed by atoms with E-state index < -0.39 is 0 Å². The molecule has 2 aliphatic rings. The van der Waals surface area contributed by atoms with Gasteiger partial charge in [0, 0.05) is 32.7 Å². The number of aromatic nitrogens is 5. The highest BCUT2D eigenvalue weighted by atomic mass is 16.3. The van der Waals surface area contributed by atoms with Crippen LogP contribution in [0, 0.1) is 0 Å². The van der Waals surface area contributed by atoms with Crippen molar-refractivity contribution in [3.8, 4) is 11.6 Å². The van der Waals surface area contributed by atoms with Gasteiger partial charge in [0.15, 0.2) is 5.76 Å². The lowest BCUT2D eigenvalue weighted by atomic mass is 10.1. The largest absolute Gasteiger partial charge is 0.461 e. The number of piperazine rings is 1. The summed E-state index contributed by atoms with van der Waals surface area (Å²) in [6, 6.07) is 3.27. The number of nitrogens with zero attached hydrogens (tertiary/aromatic N) is 8. The number of nitrogens with two attached hydrogens (primary N) is 1. The molecule has 0 unspecified atom stereocenters. The van der Waals surface area contributed by atoms with Crippen molar-refractivity contribution in [2.75, 3.05) is 49.9 Å². The van der Waals surface area contributed by atoms with Crippen molar-refractivity contribution in [1.29, 1.82) is 0 Å². The van der Waals surface area contributed by atoms with Gasteiger partial charge in [-0.25, -0.2) is 0 Å². The molecule has 2 N–H and O–H groups in total. The van der Waals surface area contributed by atoms with Gasteiger partial charge in [-0.2, -0.15) is 19.5 Å². The second-order valence-electron chi connectivity index (χ2n) is 7.62. The molecule has 0 radical (unpaired) electrons. The van der Waals surface area contributed by atoms with Gasteiger partial charge in [-0.15, -0.1) is 5.10 Å². The lowest BCUT2D eigenvalue weighted by Crippen LogP contribution is -2.53. The Morgan fingerprint density at radius 2 is 2.03 bits per heavy atom. The topological polar surface area (TPSA) is 122 Å². The van der Waals surface area contributed by atoms with Gasteiger partial charge >= 0.3 is 0 Å². The molecule has 3 aromatic rings. The van der Waals surface area contributed by atoms with E-state index in [9.17, 15) is 4.79 Å². The Kier molecular flexibility index (Phi) is 4.74. The fourth-order valence-electron chi connectivity index (χ4n) is 4.19. The van der Waals surface area contributed by atoms with Crippen LogP contribution in [0.2, 0.25) is 0 Å². The quantitative estimate of drug-likeness (QED) is 0.653. The third-order valence-corrected chi connectivity index (χ3v) is 5.89. The van der Waals surface area contributed by atoms with Crippen LogP contribution in [0.1, 0.15) is 19.8 Å². The highest BCUT2D eigenvalue weighted by Crippen LogP contribution is 2.26. The van der Waals surface area contributed by atoms with Gasteiger partial charge in [-0.1, -0.05) is 6.92 Å². The van der Waals surface area contributed by atoms with Gasteiger partial charge in [-0.3, -0.25) is 4.79 Å². The maximum Gasteiger partial charge on any atom is 0.259 e. The van der Waals surface area contributed by atoms with Crippen molar-refractivity contribution in [2.45, 2.75) is 25.8 Å². The fourth-order valence-corrected chi connectivity index (χ4v) is 4.19. The minimum Gasteiger partial charge on any atom is -0.461 e. The molecule has 11 heteroatoms. The zero-order valence-corrected chi connectivity index (χ0v) is 16.9. The van der Waals surface area contributed by atoms with Crippen LogP contribution in [0.15, 0.2) is 22.8 Å². The van der Waals surface area contributed by atoms with Crippen molar-refractivity contribution in [3.63, 3.8) is 0 Å². The summed E-state index contributed by atoms with van der Waals surface area (Å²) in [4.78, 5) is 32.9. The molecule has 0 bridgehead atoms. The maximum atomic E-state index is 13.2. The van der Waals surface area contributed by atoms with E-state index in [1.807, 2.05) is 9.80 Å². The molecule has 2 saturated heterocycles. The molecular formula is C19H25N9O2. The van der Waals surface area contributed by atoms with E-state index in [4.69, 9.17) is 10.2 Å². The molecule has 30 heavy (non-hydrogen) atoms. The zero-order chi connectivity index (χ0) is 20.7. The number of anilines is 2. The molecule has 5 heterocycles. The summed E-state index contributed by atoms with van der Waals surface area (Å²) < 4.78 is 6.75. The van der Waals surface area contributed by atoms with Crippen LogP contribution in [0.4, 0.5) is 11.9 Å². The predicted molar refractivity (Wildman–Crippen MR) is 110 cm³/mol. The Labute approximate surface area is 173 Å². The first-order valence-electron chi connectivity index (χ1n) is 10.4. The number of fused-ring (bicyclic) bond motifs is 1. The lowest BCUT2D eigenvalue weighted by molar-refractivity contribution is -0.134. The highest BCUT2D eigenvalue weighted by molar-refractivity contribution is 5.85. The molecule has 11 nitrogen and oxygen atoms in total. The Bertz CT molecular complexity index is 1040. The van der Waals surface area contributed by atoms with Crippen molar-refractivity contribution < 1.29 is 9.21 Å². The second-order valence-corrected chi connectivity index (χ2v) is 7.62. The van der Waals surface area contributed by atoms with E-state index in [0.29, 0.717) is 29.9 Å². The fraction of sp³-hybridized carbons (Fsp3) is 0.526. The number of rotatable bonds is 4. The molecule has 5 rings (SSSR count). The Hall–Kier alpha value is -3.21. The van der Waals surface area contributed by atoms with Gasteiger partial charge in [0.05, 0.1) is 6.26 Å². The number of carbonyl (C=O) groups excluding carboxylic acids is 1. The zero-order valence-electron chi connectivity index (χ0n) is 16.9. The summed E-state index contributed by atoms with van der Waals surface area (Å²) in [6.07, 6.45) is 3.25. The first-order valence-corrected chi connectivity index (χ1v) is 10.4. The van der Waals surface area contributed by atoms with E-state index in [1.165, 1.54) is 4.52 Å². The van der Waals surface area contributed by atoms with Crippen molar-refractivity contribution >= 4 is 23.6 Å². The summed E-state index contributed by atoms with van der Waals surface area (Å²) in [7, 11) is 0. The van der Waals surface area contributed by atoms with Crippen LogP contribution >= 0.6 is 0 Å². The van der Waals surface area contributed by atoms with Crippen LogP contribution in [-0.4, -0.2) is 85.6 Å². The molecule has 2 aliphatic heterocycles. The molecule has 2 fully saturated rings. The van der Waals surface area contributed by atoms with Crippen LogP contribution in [0.25, 0.3) is 17.4 Å². The molecule has 0 aromatic carbocycles. The molecule has 0 saturated carbocycles. The van der Waals surface area contributed by atoms with E-state index in [0.717, 1.165) is 45.6 Å². The van der Waals surface area contributed by atoms with Crippen LogP contribution in [-0.2, 0) is 4.79 Å². The minimum absolute atomic E-state index is 0.142. The van der Waals surface area contributed by atoms with E-state index in [2.05, 4.69) is 31.9 Å². The van der Waals surface area contributed by atoms with Gasteiger partial charge in [0.25, 0.3) is 5.78 Å². The number of hydrogen-bond acceptors (Lipinski definition) is 9. The number of likely N-dealkylation sites (N-methyl/N-ethyl adjacent to an activating group) is 1. The number of nitrogen functional groups attached to an aromatic ring is 1. The van der Waals surface area contributed by atoms with Crippen LogP contribution in [0.3, 0.4) is 0 Å². The average molecular weight is 411 g/mol. The van der Waals surface area contributed by atoms with E-state index in [-0.39, 0.29) is 17.9 Å². The standard InChI is InChI=1S/C19H25N9O2/c1-2-25-8-10-26(11-9-25)16(29)13-5-3-7-27(13)18-22-17(20)28-19(23-18)21-15(24-28)14-6-4-12-30-14/h4,6,12-13H,2-3,5,7-11H2,1H3,(H2,20,21,22,23,24)/t13-/m1/s1. The van der Waals surface area contributed by atoms with Crippen molar-refractivity contribution in [2.24, 2.45) is 0 Å². The molecular weight excluding hydrogens is 386 g/mol. The normalized spacial score (nSPS) is 20.4. The summed E-state index contributed by atoms with van der Waals surface area (Å²) >= 11 is 0. The van der Waals surface area contributed by atoms with Crippen LogP contribution < -0.4 is 10.6 Å². The molecule has 0 spiro atoms. The first-order chi connectivity index (χ1) is 14.6. The van der Waals surface area contributed by atoms with Crippen molar-refractivity contribution in [3.05, 3.63) is 18.4 Å². The Morgan fingerprint density at radius 3 is 2.77 bits per heavy atom. The number of hydrogen-bond donors (Lipinski definition) is 1. The monoisotopic (exact) mass is 411 g/mol. The van der Waals surface area contributed by atoms with Crippen LogP contribution in [0.5, 0.6) is 0 Å². The van der Waals surface area contributed by atoms with Gasteiger partial charge in [0.1, 0.15) is 6.04 Å². The number of carbonyl (C=O) groups is 1. The molecule has 0 aliphatic carbocycles. The summed E-state index contributed by atoms with van der Waals surface area (Å²) in [5.41, 5.74) is 6.14. The summed E-state index contributed by atoms with van der Waals surface area (Å²) in [5.74, 6) is 1.99. The third kappa shape index (κ3) is 3.24. The lowest BCUT2D eigenvalue weighted by Gasteiger charge is -2.36. The van der Waals surface area contributed by atoms with Gasteiger partial charge in [-0.05, 0) is 31.5 Å². The molecule has 158 valence electrons. The third-order valence-electron chi connectivity index (χ3n) is 5.89. The SMILES string of the molecule is CCN1CCN(C(=O)[C@H]2CCCN2c2nc(N)n3nc(-c4ccco4)nc3n2)CC1. The minimum atomic E-state index is -0.271. The second kappa shape index (κ2) is 7.56. The molecule has 3 aromatic heterocycles. The first kappa shape index (κ1) is 18.8. The van der Waals surface area contributed by atoms with Crippen molar-refractivity contribution in [1.82, 2.24) is 34.4 Å². The molecule has 1 atom stereocenters. The van der Waals surface area contributed by atoms with Gasteiger partial charge in [0.2, 0.25) is 23.6 Å².